The smallest absolute Gasteiger partial charge is 0.237 e. The van der Waals surface area contributed by atoms with Crippen molar-refractivity contribution in [3.05, 3.63) is 66.0 Å². The number of halogens is 1. The number of carbonyl (C=O) groups is 2. The van der Waals surface area contributed by atoms with Crippen LogP contribution in [0.2, 0.25) is 0 Å². The van der Waals surface area contributed by atoms with Gasteiger partial charge in [-0.3, -0.25) is 14.5 Å². The molecule has 1 N–H and O–H groups in total. The van der Waals surface area contributed by atoms with Gasteiger partial charge in [0.2, 0.25) is 11.8 Å². The Hall–Kier alpha value is -2.73. The monoisotopic (exact) mass is 397 g/mol. The van der Waals surface area contributed by atoms with Gasteiger partial charge in [0.15, 0.2) is 0 Å². The van der Waals surface area contributed by atoms with Crippen LogP contribution in [0, 0.1) is 11.7 Å². The standard InChI is InChI=1S/C23H28FN3O2/c1-2-27(15-18-8-6-10-20(24)14-18)22(28)17-26-13-7-9-19(16-26)23(29)25-21-11-4-3-5-12-21/h3-6,8,10-12,14,19H,2,7,9,13,15-17H2,1H3,(H,25,29)/t19-/m1/s1. The largest absolute Gasteiger partial charge is 0.338 e. The highest BCUT2D eigenvalue weighted by Gasteiger charge is 2.27. The summed E-state index contributed by atoms with van der Waals surface area (Å²) < 4.78 is 13.4. The predicted molar refractivity (Wildman–Crippen MR) is 112 cm³/mol. The molecule has 154 valence electrons. The Morgan fingerprint density at radius 2 is 1.97 bits per heavy atom. The van der Waals surface area contributed by atoms with Crippen molar-refractivity contribution >= 4 is 17.5 Å². The zero-order valence-corrected chi connectivity index (χ0v) is 16.8. The number of amides is 2. The highest BCUT2D eigenvalue weighted by molar-refractivity contribution is 5.92. The van der Waals surface area contributed by atoms with Crippen LogP contribution in [-0.2, 0) is 16.1 Å². The first-order valence-corrected chi connectivity index (χ1v) is 10.2. The first-order valence-electron chi connectivity index (χ1n) is 10.2. The van der Waals surface area contributed by atoms with Gasteiger partial charge in [-0.2, -0.15) is 0 Å². The van der Waals surface area contributed by atoms with E-state index in [0.29, 0.717) is 19.6 Å². The Morgan fingerprint density at radius 1 is 1.17 bits per heavy atom. The van der Waals surface area contributed by atoms with E-state index in [2.05, 4.69) is 10.2 Å². The minimum Gasteiger partial charge on any atom is -0.338 e. The number of anilines is 1. The van der Waals surface area contributed by atoms with Crippen molar-refractivity contribution in [2.75, 3.05) is 31.5 Å². The van der Waals surface area contributed by atoms with Crippen LogP contribution in [0.5, 0.6) is 0 Å². The maximum atomic E-state index is 13.4. The second kappa shape index (κ2) is 10.2. The van der Waals surface area contributed by atoms with Gasteiger partial charge in [-0.05, 0) is 56.1 Å². The van der Waals surface area contributed by atoms with Crippen LogP contribution in [0.1, 0.15) is 25.3 Å². The summed E-state index contributed by atoms with van der Waals surface area (Å²) in [5, 5.41) is 2.96. The number of likely N-dealkylation sites (N-methyl/N-ethyl adjacent to an activating group) is 1. The molecule has 0 saturated carbocycles. The molecule has 6 heteroatoms. The first-order chi connectivity index (χ1) is 14.0. The fraction of sp³-hybridized carbons (Fsp3) is 0.391. The molecule has 2 aromatic carbocycles. The summed E-state index contributed by atoms with van der Waals surface area (Å²) in [6.07, 6.45) is 1.71. The van der Waals surface area contributed by atoms with E-state index in [1.165, 1.54) is 12.1 Å². The number of hydrogen-bond donors (Lipinski definition) is 1. The summed E-state index contributed by atoms with van der Waals surface area (Å²) in [6, 6.07) is 15.8. The number of rotatable bonds is 7. The van der Waals surface area contributed by atoms with Crippen molar-refractivity contribution in [1.82, 2.24) is 9.80 Å². The number of hydrogen-bond acceptors (Lipinski definition) is 3. The molecule has 2 amide bonds. The van der Waals surface area contributed by atoms with Crippen molar-refractivity contribution in [2.24, 2.45) is 5.92 Å². The second-order valence-electron chi connectivity index (χ2n) is 7.47. The average Bonchev–Trinajstić information content (AvgIpc) is 2.73. The number of nitrogens with one attached hydrogen (secondary N) is 1. The zero-order valence-electron chi connectivity index (χ0n) is 16.8. The minimum absolute atomic E-state index is 0.000424. The molecular weight excluding hydrogens is 369 g/mol. The van der Waals surface area contributed by atoms with Crippen LogP contribution >= 0.6 is 0 Å². The molecule has 0 spiro atoms. The van der Waals surface area contributed by atoms with Crippen LogP contribution < -0.4 is 5.32 Å². The molecular formula is C23H28FN3O2. The van der Waals surface area contributed by atoms with E-state index < -0.39 is 0 Å². The van der Waals surface area contributed by atoms with Gasteiger partial charge in [-0.1, -0.05) is 30.3 Å². The van der Waals surface area contributed by atoms with Gasteiger partial charge in [-0.15, -0.1) is 0 Å². The Balaban J connectivity index is 1.54. The lowest BCUT2D eigenvalue weighted by Crippen LogP contribution is -2.46. The molecule has 0 aromatic heterocycles. The normalized spacial score (nSPS) is 17.0. The third-order valence-corrected chi connectivity index (χ3v) is 5.27. The van der Waals surface area contributed by atoms with Crippen LogP contribution in [0.4, 0.5) is 10.1 Å². The summed E-state index contributed by atoms with van der Waals surface area (Å²) in [5.74, 6) is -0.425. The Labute approximate surface area is 171 Å². The summed E-state index contributed by atoms with van der Waals surface area (Å²) in [5.41, 5.74) is 1.57. The lowest BCUT2D eigenvalue weighted by Gasteiger charge is -2.33. The molecule has 3 rings (SSSR count). The number of piperidine rings is 1. The summed E-state index contributed by atoms with van der Waals surface area (Å²) in [4.78, 5) is 29.2. The number of nitrogens with zero attached hydrogens (tertiary/aromatic N) is 2. The predicted octanol–water partition coefficient (Wildman–Crippen LogP) is 3.52. The highest BCUT2D eigenvalue weighted by Crippen LogP contribution is 2.19. The molecule has 1 fully saturated rings. The topological polar surface area (TPSA) is 52.7 Å². The van der Waals surface area contributed by atoms with E-state index in [4.69, 9.17) is 0 Å². The molecule has 1 aliphatic rings. The Morgan fingerprint density at radius 3 is 2.69 bits per heavy atom. The van der Waals surface area contributed by atoms with Crippen molar-refractivity contribution in [1.29, 1.82) is 0 Å². The van der Waals surface area contributed by atoms with E-state index >= 15 is 0 Å². The van der Waals surface area contributed by atoms with Crippen LogP contribution in [-0.4, -0.2) is 47.8 Å². The van der Waals surface area contributed by atoms with Gasteiger partial charge in [0.05, 0.1) is 12.5 Å². The second-order valence-corrected chi connectivity index (χ2v) is 7.47. The van der Waals surface area contributed by atoms with Crippen molar-refractivity contribution < 1.29 is 14.0 Å². The molecule has 5 nitrogen and oxygen atoms in total. The number of likely N-dealkylation sites (tertiary alicyclic amines) is 1. The molecule has 1 aliphatic heterocycles. The molecule has 1 atom stereocenters. The molecule has 29 heavy (non-hydrogen) atoms. The quantitative estimate of drug-likeness (QED) is 0.778. The first kappa shape index (κ1) is 21.0. The molecule has 0 radical (unpaired) electrons. The molecule has 0 bridgehead atoms. The average molecular weight is 397 g/mol. The molecule has 2 aromatic rings. The number of para-hydroxylation sites is 1. The minimum atomic E-state index is -0.297. The van der Waals surface area contributed by atoms with Gasteiger partial charge in [0.1, 0.15) is 5.82 Å². The van der Waals surface area contributed by atoms with Gasteiger partial charge in [-0.25, -0.2) is 4.39 Å². The number of benzene rings is 2. The summed E-state index contributed by atoms with van der Waals surface area (Å²) in [7, 11) is 0. The van der Waals surface area contributed by atoms with E-state index in [1.54, 1.807) is 11.0 Å². The number of carbonyl (C=O) groups excluding carboxylic acids is 2. The summed E-state index contributed by atoms with van der Waals surface area (Å²) >= 11 is 0. The highest BCUT2D eigenvalue weighted by atomic mass is 19.1. The maximum Gasteiger partial charge on any atom is 0.237 e. The molecule has 1 saturated heterocycles. The van der Waals surface area contributed by atoms with E-state index in [-0.39, 0.29) is 30.1 Å². The van der Waals surface area contributed by atoms with Crippen molar-refractivity contribution in [3.8, 4) is 0 Å². The third kappa shape index (κ3) is 6.12. The van der Waals surface area contributed by atoms with Crippen LogP contribution in [0.3, 0.4) is 0 Å². The van der Waals surface area contributed by atoms with Gasteiger partial charge < -0.3 is 10.2 Å². The fourth-order valence-corrected chi connectivity index (χ4v) is 3.70. The summed E-state index contributed by atoms with van der Waals surface area (Å²) in [6.45, 7) is 4.52. The lowest BCUT2D eigenvalue weighted by molar-refractivity contribution is -0.134. The molecule has 0 unspecified atom stereocenters. The van der Waals surface area contributed by atoms with Crippen LogP contribution in [0.15, 0.2) is 54.6 Å². The SMILES string of the molecule is CCN(Cc1cccc(F)c1)C(=O)CN1CCC[C@@H](C(=O)Nc2ccccc2)C1. The molecule has 0 aliphatic carbocycles. The lowest BCUT2D eigenvalue weighted by atomic mass is 9.97. The van der Waals surface area contributed by atoms with Gasteiger partial charge in [0.25, 0.3) is 0 Å². The van der Waals surface area contributed by atoms with Gasteiger partial charge >= 0.3 is 0 Å². The Kier molecular flexibility index (Phi) is 7.36. The Bertz CT molecular complexity index is 828. The fourth-order valence-electron chi connectivity index (χ4n) is 3.70. The maximum absolute atomic E-state index is 13.4. The van der Waals surface area contributed by atoms with E-state index in [0.717, 1.165) is 30.6 Å². The van der Waals surface area contributed by atoms with E-state index in [9.17, 15) is 14.0 Å². The van der Waals surface area contributed by atoms with Crippen molar-refractivity contribution in [2.45, 2.75) is 26.3 Å². The third-order valence-electron chi connectivity index (χ3n) is 5.27. The van der Waals surface area contributed by atoms with Gasteiger partial charge in [0, 0.05) is 25.3 Å². The zero-order chi connectivity index (χ0) is 20.6. The molecule has 1 heterocycles. The van der Waals surface area contributed by atoms with Crippen molar-refractivity contribution in [3.63, 3.8) is 0 Å². The van der Waals surface area contributed by atoms with E-state index in [1.807, 2.05) is 43.3 Å². The van der Waals surface area contributed by atoms with Crippen LogP contribution in [0.25, 0.3) is 0 Å².